The van der Waals surface area contributed by atoms with Crippen LogP contribution < -0.4 is 5.32 Å². The molecule has 8 nitrogen and oxygen atoms in total. The predicted octanol–water partition coefficient (Wildman–Crippen LogP) is 4.49. The molecule has 0 fully saturated rings. The Hall–Kier alpha value is -3.91. The van der Waals surface area contributed by atoms with Crippen molar-refractivity contribution in [2.45, 2.75) is 27.3 Å². The number of aromatic nitrogens is 4. The summed E-state index contributed by atoms with van der Waals surface area (Å²) in [6, 6.07) is 18.7. The van der Waals surface area contributed by atoms with Gasteiger partial charge in [-0.15, -0.1) is 0 Å². The van der Waals surface area contributed by atoms with Crippen LogP contribution in [0.5, 0.6) is 0 Å². The lowest BCUT2D eigenvalue weighted by Crippen LogP contribution is -2.22. The molecule has 0 atom stereocenters. The maximum atomic E-state index is 12.8. The van der Waals surface area contributed by atoms with Crippen LogP contribution in [-0.4, -0.2) is 38.0 Å². The summed E-state index contributed by atoms with van der Waals surface area (Å²) in [6.45, 7) is 5.33. The fourth-order valence-electron chi connectivity index (χ4n) is 3.67. The van der Waals surface area contributed by atoms with Gasteiger partial charge in [0.2, 0.25) is 0 Å². The van der Waals surface area contributed by atoms with Crippen LogP contribution in [0, 0.1) is 20.8 Å². The molecule has 0 saturated heterocycles. The Morgan fingerprint density at radius 2 is 1.71 bits per heavy atom. The van der Waals surface area contributed by atoms with E-state index in [1.807, 2.05) is 61.5 Å². The van der Waals surface area contributed by atoms with Crippen molar-refractivity contribution in [2.75, 3.05) is 11.9 Å². The summed E-state index contributed by atoms with van der Waals surface area (Å²) in [4.78, 5) is 25.3. The minimum absolute atomic E-state index is 0.338. The van der Waals surface area contributed by atoms with Gasteiger partial charge in [-0.3, -0.25) is 9.48 Å². The quantitative estimate of drug-likeness (QED) is 0.396. The molecule has 34 heavy (non-hydrogen) atoms. The zero-order chi connectivity index (χ0) is 24.2. The van der Waals surface area contributed by atoms with Crippen LogP contribution in [-0.2, 0) is 16.1 Å². The topological polar surface area (TPSA) is 91.0 Å². The second kappa shape index (κ2) is 9.93. The number of amides is 1. The van der Waals surface area contributed by atoms with Gasteiger partial charge in [0, 0.05) is 11.1 Å². The van der Waals surface area contributed by atoms with E-state index in [0.29, 0.717) is 34.3 Å². The number of benzene rings is 2. The minimum Gasteiger partial charge on any atom is -0.452 e. The van der Waals surface area contributed by atoms with Crippen molar-refractivity contribution in [1.29, 1.82) is 0 Å². The lowest BCUT2D eigenvalue weighted by Gasteiger charge is -2.10. The number of hydrogen-bond donors (Lipinski definition) is 1. The monoisotopic (exact) mass is 477 g/mol. The molecule has 4 aromatic rings. The summed E-state index contributed by atoms with van der Waals surface area (Å²) in [5, 5.41) is 12.3. The molecule has 9 heteroatoms. The van der Waals surface area contributed by atoms with Gasteiger partial charge in [-0.05, 0) is 44.5 Å². The number of esters is 1. The first-order valence-corrected chi connectivity index (χ1v) is 11.1. The Morgan fingerprint density at radius 3 is 2.44 bits per heavy atom. The lowest BCUT2D eigenvalue weighted by atomic mass is 10.2. The molecule has 0 radical (unpaired) electrons. The van der Waals surface area contributed by atoms with E-state index in [9.17, 15) is 9.59 Å². The molecule has 2 heterocycles. The molecule has 0 bridgehead atoms. The summed E-state index contributed by atoms with van der Waals surface area (Å²) in [5.74, 6) is -0.586. The number of halogens is 1. The van der Waals surface area contributed by atoms with E-state index in [4.69, 9.17) is 16.3 Å². The van der Waals surface area contributed by atoms with Crippen molar-refractivity contribution in [2.24, 2.45) is 0 Å². The molecule has 0 spiro atoms. The van der Waals surface area contributed by atoms with Crippen LogP contribution >= 0.6 is 11.6 Å². The van der Waals surface area contributed by atoms with Crippen molar-refractivity contribution in [3.05, 3.63) is 93.9 Å². The zero-order valence-corrected chi connectivity index (χ0v) is 19.8. The number of hydrogen-bond acceptors (Lipinski definition) is 5. The molecule has 0 aliphatic rings. The van der Waals surface area contributed by atoms with Crippen molar-refractivity contribution >= 4 is 29.3 Å². The van der Waals surface area contributed by atoms with Gasteiger partial charge < -0.3 is 10.1 Å². The third kappa shape index (κ3) is 5.02. The van der Waals surface area contributed by atoms with E-state index >= 15 is 0 Å². The van der Waals surface area contributed by atoms with Crippen molar-refractivity contribution in [1.82, 2.24) is 19.6 Å². The molecular formula is C25H24ClN5O3. The normalized spacial score (nSPS) is 10.8. The Balaban J connectivity index is 1.42. The van der Waals surface area contributed by atoms with Crippen LogP contribution in [0.4, 0.5) is 5.82 Å². The number of carbonyl (C=O) groups is 2. The number of carbonyl (C=O) groups excluding carboxylic acids is 2. The average Bonchev–Trinajstić information content (AvgIpc) is 3.32. The van der Waals surface area contributed by atoms with E-state index in [1.165, 1.54) is 0 Å². The van der Waals surface area contributed by atoms with E-state index in [-0.39, 0.29) is 0 Å². The van der Waals surface area contributed by atoms with Gasteiger partial charge in [0.1, 0.15) is 11.4 Å². The second-order valence-corrected chi connectivity index (χ2v) is 8.24. The summed E-state index contributed by atoms with van der Waals surface area (Å²) in [7, 11) is 0. The van der Waals surface area contributed by atoms with Gasteiger partial charge in [0.25, 0.3) is 5.91 Å². The first kappa shape index (κ1) is 23.3. The number of rotatable bonds is 7. The fraction of sp³-hybridized carbons (Fsp3) is 0.200. The Labute approximate surface area is 202 Å². The maximum absolute atomic E-state index is 12.8. The number of para-hydroxylation sites is 1. The maximum Gasteiger partial charge on any atom is 0.342 e. The van der Waals surface area contributed by atoms with Gasteiger partial charge in [-0.25, -0.2) is 9.48 Å². The van der Waals surface area contributed by atoms with Gasteiger partial charge in [0.05, 0.1) is 29.3 Å². The molecule has 0 aliphatic heterocycles. The highest BCUT2D eigenvalue weighted by atomic mass is 35.5. The molecule has 1 amide bonds. The van der Waals surface area contributed by atoms with Crippen LogP contribution in [0.3, 0.4) is 0 Å². The second-order valence-electron chi connectivity index (χ2n) is 7.84. The van der Waals surface area contributed by atoms with Crippen molar-refractivity contribution in [3.63, 3.8) is 0 Å². The van der Waals surface area contributed by atoms with Gasteiger partial charge in [-0.1, -0.05) is 48.0 Å². The molecule has 1 N–H and O–H groups in total. The smallest absolute Gasteiger partial charge is 0.342 e. The van der Waals surface area contributed by atoms with E-state index in [1.54, 1.807) is 29.3 Å². The van der Waals surface area contributed by atoms with E-state index in [0.717, 1.165) is 16.9 Å². The first-order chi connectivity index (χ1) is 16.3. The van der Waals surface area contributed by atoms with Gasteiger partial charge in [0.15, 0.2) is 6.61 Å². The Morgan fingerprint density at radius 1 is 1.00 bits per heavy atom. The number of nitrogens with zero attached hydrogens (tertiary/aromatic N) is 4. The lowest BCUT2D eigenvalue weighted by molar-refractivity contribution is -0.119. The zero-order valence-electron chi connectivity index (χ0n) is 19.1. The fourth-order valence-corrected chi connectivity index (χ4v) is 3.87. The number of anilines is 1. The molecule has 0 aliphatic carbocycles. The van der Waals surface area contributed by atoms with Gasteiger partial charge >= 0.3 is 5.97 Å². The first-order valence-electron chi connectivity index (χ1n) is 10.7. The molecular weight excluding hydrogens is 454 g/mol. The van der Waals surface area contributed by atoms with Gasteiger partial charge in [-0.2, -0.15) is 10.2 Å². The van der Waals surface area contributed by atoms with Crippen LogP contribution in [0.2, 0.25) is 5.02 Å². The number of aryl methyl sites for hydroxylation is 2. The number of nitrogens with one attached hydrogen (secondary N) is 1. The highest BCUT2D eigenvalue weighted by molar-refractivity contribution is 6.31. The van der Waals surface area contributed by atoms with E-state index < -0.39 is 18.5 Å². The van der Waals surface area contributed by atoms with Crippen LogP contribution in [0.15, 0.2) is 60.7 Å². The summed E-state index contributed by atoms with van der Waals surface area (Å²) in [6.07, 6.45) is 0. The molecule has 0 unspecified atom stereocenters. The average molecular weight is 478 g/mol. The number of ether oxygens (including phenoxy) is 1. The summed E-state index contributed by atoms with van der Waals surface area (Å²) >= 11 is 6.26. The van der Waals surface area contributed by atoms with Crippen molar-refractivity contribution < 1.29 is 14.3 Å². The van der Waals surface area contributed by atoms with E-state index in [2.05, 4.69) is 15.5 Å². The van der Waals surface area contributed by atoms with Crippen molar-refractivity contribution in [3.8, 4) is 5.69 Å². The summed E-state index contributed by atoms with van der Waals surface area (Å²) in [5.41, 5.74) is 3.94. The molecule has 0 saturated carbocycles. The van der Waals surface area contributed by atoms with Crippen LogP contribution in [0.25, 0.3) is 5.69 Å². The molecule has 4 rings (SSSR count). The summed E-state index contributed by atoms with van der Waals surface area (Å²) < 4.78 is 8.63. The highest BCUT2D eigenvalue weighted by Crippen LogP contribution is 2.20. The standard InChI is InChI=1S/C25H24ClN5O3/c1-16-13-22(31(28-16)20-10-5-4-6-11-20)27-23(32)15-34-25(33)24-17(2)29-30(18(24)3)14-19-9-7-8-12-21(19)26/h4-13H,14-15H2,1-3H3,(H,27,32). The minimum atomic E-state index is -0.608. The largest absolute Gasteiger partial charge is 0.452 e. The Bertz CT molecular complexity index is 1340. The Kier molecular flexibility index (Phi) is 6.79. The molecule has 2 aromatic carbocycles. The molecule has 2 aromatic heterocycles. The predicted molar refractivity (Wildman–Crippen MR) is 129 cm³/mol. The third-order valence-electron chi connectivity index (χ3n) is 5.30. The third-order valence-corrected chi connectivity index (χ3v) is 5.67. The molecule has 174 valence electrons. The van der Waals surface area contributed by atoms with Crippen LogP contribution in [0.1, 0.15) is 33.0 Å². The SMILES string of the molecule is Cc1cc(NC(=O)COC(=O)c2c(C)nn(Cc3ccccc3Cl)c2C)n(-c2ccccc2)n1. The highest BCUT2D eigenvalue weighted by Gasteiger charge is 2.22.